The predicted molar refractivity (Wildman–Crippen MR) is 49.0 cm³/mol. The highest BCUT2D eigenvalue weighted by molar-refractivity contribution is 5.79. The predicted octanol–water partition coefficient (Wildman–Crippen LogP) is -0.00910. The van der Waals surface area contributed by atoms with Gasteiger partial charge < -0.3 is 10.2 Å². The smallest absolute Gasteiger partial charge is 0.222 e. The van der Waals surface area contributed by atoms with Crippen molar-refractivity contribution in [2.45, 2.75) is 19.8 Å². The highest BCUT2D eigenvalue weighted by Gasteiger charge is 2.26. The summed E-state index contributed by atoms with van der Waals surface area (Å²) in [5.41, 5.74) is 0. The highest BCUT2D eigenvalue weighted by Crippen LogP contribution is 2.14. The van der Waals surface area contributed by atoms with Crippen LogP contribution in [0.1, 0.15) is 19.8 Å². The Morgan fingerprint density at radius 2 is 2.38 bits per heavy atom. The number of nitrogens with zero attached hydrogens (tertiary/aromatic N) is 1. The van der Waals surface area contributed by atoms with Gasteiger partial charge in [0.25, 0.3) is 0 Å². The molecule has 0 bridgehead atoms. The van der Waals surface area contributed by atoms with E-state index in [1.54, 1.807) is 11.9 Å². The van der Waals surface area contributed by atoms with E-state index in [0.717, 1.165) is 6.54 Å². The minimum atomic E-state index is 0.0574. The Bertz CT molecular complexity index is 216. The topological polar surface area (TPSA) is 49.4 Å². The fraction of sp³-hybridized carbons (Fsp3) is 0.778. The maximum atomic E-state index is 11.1. The maximum absolute atomic E-state index is 11.1. The van der Waals surface area contributed by atoms with Gasteiger partial charge in [-0.2, -0.15) is 0 Å². The summed E-state index contributed by atoms with van der Waals surface area (Å²) in [6.07, 6.45) is 1.08. The van der Waals surface area contributed by atoms with Crippen molar-refractivity contribution in [2.24, 2.45) is 5.92 Å². The summed E-state index contributed by atoms with van der Waals surface area (Å²) in [6, 6.07) is 0. The Morgan fingerprint density at radius 3 is 2.85 bits per heavy atom. The average molecular weight is 184 g/mol. The maximum Gasteiger partial charge on any atom is 0.222 e. The standard InChI is InChI=1S/C9H16N2O2/c1-3-8(12)10-5-7-4-9(13)11(2)6-7/h7H,3-6H2,1-2H3,(H,10,12). The summed E-state index contributed by atoms with van der Waals surface area (Å²) >= 11 is 0. The minimum Gasteiger partial charge on any atom is -0.356 e. The molecule has 74 valence electrons. The molecule has 1 saturated heterocycles. The van der Waals surface area contributed by atoms with E-state index in [-0.39, 0.29) is 11.8 Å². The molecular weight excluding hydrogens is 168 g/mol. The molecular formula is C9H16N2O2. The molecule has 0 saturated carbocycles. The first-order valence-corrected chi connectivity index (χ1v) is 4.64. The summed E-state index contributed by atoms with van der Waals surface area (Å²) in [5.74, 6) is 0.533. The van der Waals surface area contributed by atoms with Crippen molar-refractivity contribution in [3.63, 3.8) is 0 Å². The fourth-order valence-corrected chi connectivity index (χ4v) is 1.48. The Kier molecular flexibility index (Phi) is 3.28. The molecule has 1 rings (SSSR count). The molecule has 0 aromatic carbocycles. The second-order valence-corrected chi connectivity index (χ2v) is 3.50. The van der Waals surface area contributed by atoms with Crippen LogP contribution in [0.3, 0.4) is 0 Å². The zero-order valence-electron chi connectivity index (χ0n) is 8.17. The lowest BCUT2D eigenvalue weighted by molar-refractivity contribution is -0.126. The van der Waals surface area contributed by atoms with Gasteiger partial charge in [0.05, 0.1) is 0 Å². The number of amides is 2. The van der Waals surface area contributed by atoms with E-state index < -0.39 is 0 Å². The van der Waals surface area contributed by atoms with Crippen LogP contribution < -0.4 is 5.32 Å². The van der Waals surface area contributed by atoms with Crippen LogP contribution in [0.2, 0.25) is 0 Å². The third-order valence-electron chi connectivity index (χ3n) is 2.33. The van der Waals surface area contributed by atoms with Gasteiger partial charge in [-0.25, -0.2) is 0 Å². The van der Waals surface area contributed by atoms with Crippen molar-refractivity contribution < 1.29 is 9.59 Å². The van der Waals surface area contributed by atoms with Crippen LogP contribution in [0.25, 0.3) is 0 Å². The molecule has 2 amide bonds. The third kappa shape index (κ3) is 2.72. The van der Waals surface area contributed by atoms with E-state index in [1.807, 2.05) is 6.92 Å². The molecule has 4 nitrogen and oxygen atoms in total. The summed E-state index contributed by atoms with van der Waals surface area (Å²) in [5, 5.41) is 2.80. The van der Waals surface area contributed by atoms with Gasteiger partial charge in [0.2, 0.25) is 11.8 Å². The molecule has 1 unspecified atom stereocenters. The van der Waals surface area contributed by atoms with E-state index >= 15 is 0 Å². The number of carbonyl (C=O) groups is 2. The van der Waals surface area contributed by atoms with Gasteiger partial charge in [-0.3, -0.25) is 9.59 Å². The first-order valence-electron chi connectivity index (χ1n) is 4.64. The van der Waals surface area contributed by atoms with Crippen molar-refractivity contribution in [3.8, 4) is 0 Å². The highest BCUT2D eigenvalue weighted by atomic mass is 16.2. The van der Waals surface area contributed by atoms with Crippen LogP contribution in [-0.2, 0) is 9.59 Å². The van der Waals surface area contributed by atoms with Crippen LogP contribution in [0.5, 0.6) is 0 Å². The van der Waals surface area contributed by atoms with Crippen molar-refractivity contribution in [1.29, 1.82) is 0 Å². The van der Waals surface area contributed by atoms with Crippen LogP contribution in [-0.4, -0.2) is 36.9 Å². The molecule has 0 aromatic heterocycles. The number of nitrogens with one attached hydrogen (secondary N) is 1. The van der Waals surface area contributed by atoms with Gasteiger partial charge in [0, 0.05) is 38.9 Å². The van der Waals surface area contributed by atoms with Crippen LogP contribution >= 0.6 is 0 Å². The van der Waals surface area contributed by atoms with Crippen LogP contribution in [0.15, 0.2) is 0 Å². The molecule has 13 heavy (non-hydrogen) atoms. The Hall–Kier alpha value is -1.06. The first-order chi connectivity index (χ1) is 6.13. The summed E-state index contributed by atoms with van der Waals surface area (Å²) in [7, 11) is 1.80. The van der Waals surface area contributed by atoms with Crippen molar-refractivity contribution >= 4 is 11.8 Å². The van der Waals surface area contributed by atoms with Crippen LogP contribution in [0.4, 0.5) is 0 Å². The largest absolute Gasteiger partial charge is 0.356 e. The van der Waals surface area contributed by atoms with Gasteiger partial charge in [-0.15, -0.1) is 0 Å². The lowest BCUT2D eigenvalue weighted by atomic mass is 10.1. The number of likely N-dealkylation sites (tertiary alicyclic amines) is 1. The van der Waals surface area contributed by atoms with Gasteiger partial charge in [-0.1, -0.05) is 6.92 Å². The second-order valence-electron chi connectivity index (χ2n) is 3.50. The van der Waals surface area contributed by atoms with Gasteiger partial charge in [0.15, 0.2) is 0 Å². The van der Waals surface area contributed by atoms with Gasteiger partial charge >= 0.3 is 0 Å². The monoisotopic (exact) mass is 184 g/mol. The molecule has 0 radical (unpaired) electrons. The number of carbonyl (C=O) groups excluding carboxylic acids is 2. The SMILES string of the molecule is CCC(=O)NCC1CC(=O)N(C)C1. The van der Waals surface area contributed by atoms with Crippen molar-refractivity contribution in [1.82, 2.24) is 10.2 Å². The normalized spacial score (nSPS) is 22.2. The Balaban J connectivity index is 2.24. The minimum absolute atomic E-state index is 0.0574. The zero-order chi connectivity index (χ0) is 9.84. The summed E-state index contributed by atoms with van der Waals surface area (Å²) in [6.45, 7) is 3.22. The van der Waals surface area contributed by atoms with E-state index in [9.17, 15) is 9.59 Å². The molecule has 1 N–H and O–H groups in total. The fourth-order valence-electron chi connectivity index (χ4n) is 1.48. The molecule has 4 heteroatoms. The molecule has 0 aromatic rings. The molecule has 0 spiro atoms. The molecule has 1 fully saturated rings. The molecule has 1 aliphatic rings. The summed E-state index contributed by atoms with van der Waals surface area (Å²) in [4.78, 5) is 23.7. The van der Waals surface area contributed by atoms with E-state index in [0.29, 0.717) is 25.3 Å². The van der Waals surface area contributed by atoms with Gasteiger partial charge in [0.1, 0.15) is 0 Å². The van der Waals surface area contributed by atoms with Crippen molar-refractivity contribution in [2.75, 3.05) is 20.1 Å². The quantitative estimate of drug-likeness (QED) is 0.670. The summed E-state index contributed by atoms with van der Waals surface area (Å²) < 4.78 is 0. The van der Waals surface area contributed by atoms with Gasteiger partial charge in [-0.05, 0) is 0 Å². The number of rotatable bonds is 3. The molecule has 1 heterocycles. The molecule has 1 aliphatic heterocycles. The lowest BCUT2D eigenvalue weighted by Crippen LogP contribution is -2.29. The molecule has 0 aliphatic carbocycles. The second kappa shape index (κ2) is 4.25. The zero-order valence-corrected chi connectivity index (χ0v) is 8.17. The number of hydrogen-bond acceptors (Lipinski definition) is 2. The van der Waals surface area contributed by atoms with E-state index in [4.69, 9.17) is 0 Å². The first kappa shape index (κ1) is 10.0. The Morgan fingerprint density at radius 1 is 1.69 bits per heavy atom. The van der Waals surface area contributed by atoms with Crippen LogP contribution in [0, 0.1) is 5.92 Å². The average Bonchev–Trinajstić information content (AvgIpc) is 2.42. The lowest BCUT2D eigenvalue weighted by Gasteiger charge is -2.10. The third-order valence-corrected chi connectivity index (χ3v) is 2.33. The van der Waals surface area contributed by atoms with Crippen molar-refractivity contribution in [3.05, 3.63) is 0 Å². The van der Waals surface area contributed by atoms with E-state index in [1.165, 1.54) is 0 Å². The van der Waals surface area contributed by atoms with E-state index in [2.05, 4.69) is 5.32 Å². The molecule has 1 atom stereocenters. The number of hydrogen-bond donors (Lipinski definition) is 1. The Labute approximate surface area is 78.3 Å².